The molecule has 7 atom stereocenters. The number of phenolic OH excluding ortho intramolecular Hbond substituents is 1. The van der Waals surface area contributed by atoms with E-state index in [0.29, 0.717) is 12.0 Å². The van der Waals surface area contributed by atoms with E-state index in [1.54, 1.807) is 39.8 Å². The van der Waals surface area contributed by atoms with Crippen molar-refractivity contribution in [3.05, 3.63) is 29.8 Å². The van der Waals surface area contributed by atoms with Crippen molar-refractivity contribution in [2.45, 2.75) is 123 Å². The van der Waals surface area contributed by atoms with Gasteiger partial charge in [0.25, 0.3) is 0 Å². The van der Waals surface area contributed by atoms with Gasteiger partial charge >= 0.3 is 5.97 Å². The lowest BCUT2D eigenvalue weighted by Crippen LogP contribution is -2.61. The average molecular weight is 791 g/mol. The highest BCUT2D eigenvalue weighted by atomic mass is 16.4. The first-order valence-electron chi connectivity index (χ1n) is 18.8. The highest BCUT2D eigenvalue weighted by molar-refractivity contribution is 5.96. The second kappa shape index (κ2) is 24.1. The van der Waals surface area contributed by atoms with E-state index in [1.165, 1.54) is 12.1 Å². The molecule has 15 N–H and O–H groups in total. The Kier molecular flexibility index (Phi) is 20.9. The zero-order valence-electron chi connectivity index (χ0n) is 33.2. The van der Waals surface area contributed by atoms with Crippen molar-refractivity contribution in [1.82, 2.24) is 26.6 Å². The highest BCUT2D eigenvalue weighted by Gasteiger charge is 2.35. The minimum atomic E-state index is -1.44. The molecule has 0 fully saturated rings. The predicted octanol–water partition coefficient (Wildman–Crippen LogP) is -1.16. The van der Waals surface area contributed by atoms with Crippen LogP contribution in [0.2, 0.25) is 0 Å². The Hall–Kier alpha value is -5.46. The van der Waals surface area contributed by atoms with Gasteiger partial charge in [0.05, 0.1) is 6.04 Å². The molecule has 0 aromatic heterocycles. The average Bonchev–Trinajstić information content (AvgIpc) is 3.11. The van der Waals surface area contributed by atoms with Gasteiger partial charge in [-0.15, -0.1) is 0 Å². The molecule has 0 aliphatic heterocycles. The smallest absolute Gasteiger partial charge is 0.326 e. The quantitative estimate of drug-likeness (QED) is 0.0317. The van der Waals surface area contributed by atoms with Crippen LogP contribution in [0.3, 0.4) is 0 Å². The molecule has 0 heterocycles. The molecule has 314 valence electrons. The molecule has 0 radical (unpaired) electrons. The summed E-state index contributed by atoms with van der Waals surface area (Å²) in [6, 6.07) is -1.02. The minimum Gasteiger partial charge on any atom is -0.508 e. The molecule has 19 nitrogen and oxygen atoms in total. The van der Waals surface area contributed by atoms with E-state index in [-0.39, 0.29) is 62.7 Å². The molecule has 0 bridgehead atoms. The van der Waals surface area contributed by atoms with Crippen LogP contribution in [0.1, 0.15) is 85.6 Å². The number of phenols is 1. The summed E-state index contributed by atoms with van der Waals surface area (Å²) in [5.74, 6) is -6.86. The van der Waals surface area contributed by atoms with Crippen LogP contribution in [0.4, 0.5) is 0 Å². The van der Waals surface area contributed by atoms with E-state index in [2.05, 4.69) is 31.6 Å². The number of carbonyl (C=O) groups is 7. The molecule has 19 heteroatoms. The van der Waals surface area contributed by atoms with Crippen LogP contribution < -0.4 is 49.5 Å². The number of aliphatic carboxylic acids is 1. The van der Waals surface area contributed by atoms with E-state index < -0.39 is 89.5 Å². The molecule has 0 aliphatic rings. The third kappa shape index (κ3) is 17.8. The van der Waals surface area contributed by atoms with Crippen LogP contribution in [0.25, 0.3) is 0 Å². The molecule has 1 aromatic rings. The Morgan fingerprint density at radius 1 is 0.714 bits per heavy atom. The summed E-state index contributed by atoms with van der Waals surface area (Å²) in [5, 5.41) is 32.2. The zero-order chi connectivity index (χ0) is 42.7. The molecule has 1 rings (SSSR count). The van der Waals surface area contributed by atoms with Gasteiger partial charge in [0, 0.05) is 13.0 Å². The first-order valence-corrected chi connectivity index (χ1v) is 18.8. The Balaban J connectivity index is 3.30. The first-order chi connectivity index (χ1) is 26.2. The number of rotatable bonds is 25. The van der Waals surface area contributed by atoms with Gasteiger partial charge < -0.3 is 59.7 Å². The maximum absolute atomic E-state index is 13.9. The number of aromatic hydroxyl groups is 1. The molecule has 6 amide bonds. The lowest BCUT2D eigenvalue weighted by molar-refractivity contribution is -0.143. The number of nitrogens with zero attached hydrogens (tertiary/aromatic N) is 1. The summed E-state index contributed by atoms with van der Waals surface area (Å²) in [6.07, 6.45) is 0.473. The number of nitrogens with one attached hydrogen (secondary N) is 5. The monoisotopic (exact) mass is 790 g/mol. The Bertz CT molecular complexity index is 1520. The summed E-state index contributed by atoms with van der Waals surface area (Å²) < 4.78 is 0. The number of carbonyl (C=O) groups excluding carboxylic acids is 6. The molecule has 56 heavy (non-hydrogen) atoms. The SMILES string of the molecule is CC[C@H](C)[C@H](NC(=O)[C@H](CCCN=C(N)N)NC(=O)[C@H](CC(C)C)NC(=O)[C@@H](N)Cc1ccc(O)cc1)C(=O)N[C@H](C(=O)N[C@@H](CCC(N)=O)C(=O)O)C(C)C. The van der Waals surface area contributed by atoms with E-state index in [0.717, 1.165) is 0 Å². The molecule has 0 saturated heterocycles. The zero-order valence-corrected chi connectivity index (χ0v) is 33.2. The van der Waals surface area contributed by atoms with Gasteiger partial charge in [-0.05, 0) is 67.6 Å². The Morgan fingerprint density at radius 2 is 1.25 bits per heavy atom. The van der Waals surface area contributed by atoms with E-state index in [1.807, 2.05) is 13.8 Å². The van der Waals surface area contributed by atoms with Crippen molar-refractivity contribution in [2.24, 2.45) is 45.7 Å². The van der Waals surface area contributed by atoms with Crippen LogP contribution >= 0.6 is 0 Å². The van der Waals surface area contributed by atoms with Gasteiger partial charge in [-0.1, -0.05) is 60.1 Å². The van der Waals surface area contributed by atoms with E-state index in [4.69, 9.17) is 22.9 Å². The molecule has 0 unspecified atom stereocenters. The molecule has 0 aliphatic carbocycles. The van der Waals surface area contributed by atoms with Crippen LogP contribution in [0.5, 0.6) is 5.75 Å². The third-order valence-electron chi connectivity index (χ3n) is 8.98. The van der Waals surface area contributed by atoms with E-state index in [9.17, 15) is 43.8 Å². The predicted molar refractivity (Wildman–Crippen MR) is 209 cm³/mol. The van der Waals surface area contributed by atoms with Crippen LogP contribution in [-0.4, -0.2) is 100 Å². The summed E-state index contributed by atoms with van der Waals surface area (Å²) >= 11 is 0. The van der Waals surface area contributed by atoms with Crippen molar-refractivity contribution >= 4 is 47.4 Å². The normalized spacial score (nSPS) is 14.9. The minimum absolute atomic E-state index is 0.0326. The van der Waals surface area contributed by atoms with Crippen LogP contribution in [0.15, 0.2) is 29.3 Å². The van der Waals surface area contributed by atoms with Gasteiger partial charge in [0.2, 0.25) is 35.4 Å². The maximum Gasteiger partial charge on any atom is 0.326 e. The van der Waals surface area contributed by atoms with Crippen molar-refractivity contribution in [3.63, 3.8) is 0 Å². The largest absolute Gasteiger partial charge is 0.508 e. The lowest BCUT2D eigenvalue weighted by Gasteiger charge is -2.30. The molecule has 0 spiro atoms. The van der Waals surface area contributed by atoms with Gasteiger partial charge in [-0.2, -0.15) is 0 Å². The number of hydrogen-bond donors (Lipinski definition) is 11. The Labute approximate surface area is 327 Å². The van der Waals surface area contributed by atoms with Crippen molar-refractivity contribution in [2.75, 3.05) is 6.54 Å². The standard InChI is InChI=1S/C37H62N10O9/c1-7-21(6)30(35(54)46-29(20(4)5)34(53)44-26(36(55)56)14-15-28(39)49)47-32(51)25(9-8-16-42-37(40)41)43-33(52)27(17-19(2)3)45-31(50)24(38)18-22-10-12-23(48)13-11-22/h10-13,19-21,24-27,29-30,48H,7-9,14-18,38H2,1-6H3,(H2,39,49)(H,43,52)(H,44,53)(H,45,50)(H,46,54)(H,47,51)(H,55,56)(H4,40,41,42)/t21-,24-,25-,26-,27-,29-,30-/m0/s1. The van der Waals surface area contributed by atoms with Gasteiger partial charge in [0.15, 0.2) is 5.96 Å². The number of carboxylic acids is 1. The third-order valence-corrected chi connectivity index (χ3v) is 8.98. The van der Waals surface area contributed by atoms with E-state index >= 15 is 0 Å². The summed E-state index contributed by atoms with van der Waals surface area (Å²) in [6.45, 7) is 10.6. The lowest BCUT2D eigenvalue weighted by atomic mass is 9.95. The second-order valence-electron chi connectivity index (χ2n) is 14.7. The van der Waals surface area contributed by atoms with Crippen molar-refractivity contribution in [3.8, 4) is 5.75 Å². The fraction of sp³-hybridized carbons (Fsp3) is 0.622. The number of amides is 6. The van der Waals surface area contributed by atoms with Gasteiger partial charge in [-0.3, -0.25) is 33.8 Å². The number of primary amides is 1. The van der Waals surface area contributed by atoms with Crippen molar-refractivity contribution < 1.29 is 43.8 Å². The fourth-order valence-electron chi connectivity index (χ4n) is 5.54. The first kappa shape index (κ1) is 48.6. The summed E-state index contributed by atoms with van der Waals surface area (Å²) in [4.78, 5) is 94.8. The summed E-state index contributed by atoms with van der Waals surface area (Å²) in [5.41, 5.74) is 22.9. The number of carboxylic acid groups (broad SMARTS) is 1. The number of guanidine groups is 1. The number of hydrogen-bond acceptors (Lipinski definition) is 10. The fourth-order valence-corrected chi connectivity index (χ4v) is 5.54. The highest BCUT2D eigenvalue weighted by Crippen LogP contribution is 2.14. The Morgan fingerprint density at radius 3 is 1.77 bits per heavy atom. The molecular weight excluding hydrogens is 728 g/mol. The van der Waals surface area contributed by atoms with Crippen molar-refractivity contribution in [1.29, 1.82) is 0 Å². The summed E-state index contributed by atoms with van der Waals surface area (Å²) in [7, 11) is 0. The van der Waals surface area contributed by atoms with Crippen LogP contribution in [-0.2, 0) is 40.0 Å². The number of nitrogens with two attached hydrogens (primary N) is 4. The topological polar surface area (TPSA) is 337 Å². The van der Waals surface area contributed by atoms with Gasteiger partial charge in [0.1, 0.15) is 36.0 Å². The number of aliphatic imine (C=N–C) groups is 1. The van der Waals surface area contributed by atoms with Crippen LogP contribution in [0, 0.1) is 17.8 Å². The second-order valence-corrected chi connectivity index (χ2v) is 14.7. The molecular formula is C37H62N10O9. The molecule has 1 aromatic carbocycles. The maximum atomic E-state index is 13.9. The molecule has 0 saturated carbocycles. The van der Waals surface area contributed by atoms with Gasteiger partial charge in [-0.25, -0.2) is 4.79 Å². The number of benzene rings is 1.